The molecule has 26 heavy (non-hydrogen) atoms. The molecule has 2 N–H and O–H groups in total. The van der Waals surface area contributed by atoms with Gasteiger partial charge in [0.15, 0.2) is 0 Å². The van der Waals surface area contributed by atoms with E-state index in [9.17, 15) is 9.59 Å². The van der Waals surface area contributed by atoms with Crippen molar-refractivity contribution in [2.75, 3.05) is 6.54 Å². The van der Waals surface area contributed by atoms with Crippen molar-refractivity contribution in [3.63, 3.8) is 0 Å². The lowest BCUT2D eigenvalue weighted by molar-refractivity contribution is -0.144. The van der Waals surface area contributed by atoms with Crippen LogP contribution in [0.1, 0.15) is 51.4 Å². The number of hydrogen-bond acceptors (Lipinski definition) is 3. The zero-order chi connectivity index (χ0) is 18.7. The number of para-hydroxylation sites is 2. The molecule has 0 bridgehead atoms. The van der Waals surface area contributed by atoms with Gasteiger partial charge < -0.3 is 15.0 Å². The van der Waals surface area contributed by atoms with Gasteiger partial charge in [-0.1, -0.05) is 12.1 Å². The molecular weight excluding hydrogens is 330 g/mol. The molecule has 3 rings (SSSR count). The maximum Gasteiger partial charge on any atom is 0.306 e. The van der Waals surface area contributed by atoms with Gasteiger partial charge in [0.25, 0.3) is 0 Å². The number of carboxylic acid groups (broad SMARTS) is 1. The van der Waals surface area contributed by atoms with Gasteiger partial charge in [-0.3, -0.25) is 9.59 Å². The summed E-state index contributed by atoms with van der Waals surface area (Å²) in [5.74, 6) is -0.0620. The maximum absolute atomic E-state index is 12.4. The van der Waals surface area contributed by atoms with Crippen molar-refractivity contribution in [1.82, 2.24) is 14.9 Å². The van der Waals surface area contributed by atoms with Crippen LogP contribution in [-0.4, -0.2) is 33.1 Å². The predicted octanol–water partition coefficient (Wildman–Crippen LogP) is 3.17. The first-order valence-corrected chi connectivity index (χ1v) is 9.43. The van der Waals surface area contributed by atoms with Crippen molar-refractivity contribution in [3.05, 3.63) is 30.1 Å². The average Bonchev–Trinajstić information content (AvgIpc) is 3.00. The number of imidazole rings is 1. The summed E-state index contributed by atoms with van der Waals surface area (Å²) in [5, 5.41) is 12.1. The number of aromatic nitrogens is 2. The van der Waals surface area contributed by atoms with Crippen LogP contribution in [0.3, 0.4) is 0 Å². The molecular formula is C20H27N3O3. The maximum atomic E-state index is 12.4. The number of hydrogen-bond donors (Lipinski definition) is 2. The second-order valence-electron chi connectivity index (χ2n) is 7.41. The number of amides is 1. The third kappa shape index (κ3) is 3.89. The van der Waals surface area contributed by atoms with Gasteiger partial charge in [0.2, 0.25) is 5.91 Å². The van der Waals surface area contributed by atoms with Crippen molar-refractivity contribution in [3.8, 4) is 0 Å². The molecule has 140 valence electrons. The van der Waals surface area contributed by atoms with Crippen LogP contribution in [-0.2, 0) is 16.0 Å². The normalized spacial score (nSPS) is 20.4. The molecule has 1 heterocycles. The number of carboxylic acids is 1. The van der Waals surface area contributed by atoms with E-state index in [1.54, 1.807) is 0 Å². The van der Waals surface area contributed by atoms with E-state index in [-0.39, 0.29) is 17.7 Å². The molecule has 1 aromatic carbocycles. The summed E-state index contributed by atoms with van der Waals surface area (Å²) in [6, 6.07) is 8.39. The van der Waals surface area contributed by atoms with E-state index in [1.165, 1.54) is 0 Å². The molecule has 1 amide bonds. The number of benzene rings is 1. The van der Waals surface area contributed by atoms with Crippen LogP contribution in [0.15, 0.2) is 24.3 Å². The van der Waals surface area contributed by atoms with Gasteiger partial charge in [0.1, 0.15) is 5.82 Å². The van der Waals surface area contributed by atoms with Gasteiger partial charge in [0, 0.05) is 24.9 Å². The molecule has 0 unspecified atom stereocenters. The standard InChI is InChI=1S/C20H27N3O3/c1-13(2)23-17-6-4-3-5-16(17)22-18(23)11-12-21-19(24)14-7-9-15(10-8-14)20(25)26/h3-6,13-15H,7-12H2,1-2H3,(H,21,24)(H,25,26). The first-order valence-electron chi connectivity index (χ1n) is 9.43. The predicted molar refractivity (Wildman–Crippen MR) is 99.9 cm³/mol. The largest absolute Gasteiger partial charge is 0.481 e. The highest BCUT2D eigenvalue weighted by molar-refractivity contribution is 5.79. The van der Waals surface area contributed by atoms with E-state index in [2.05, 4.69) is 29.8 Å². The van der Waals surface area contributed by atoms with Crippen molar-refractivity contribution >= 4 is 22.9 Å². The Bertz CT molecular complexity index is 789. The summed E-state index contributed by atoms with van der Waals surface area (Å²) in [5.41, 5.74) is 2.10. The van der Waals surface area contributed by atoms with Crippen LogP contribution in [0, 0.1) is 11.8 Å². The molecule has 1 fully saturated rings. The lowest BCUT2D eigenvalue weighted by Crippen LogP contribution is -2.35. The van der Waals surface area contributed by atoms with Gasteiger partial charge in [-0.2, -0.15) is 0 Å². The van der Waals surface area contributed by atoms with E-state index in [0.29, 0.717) is 44.7 Å². The first kappa shape index (κ1) is 18.4. The van der Waals surface area contributed by atoms with E-state index >= 15 is 0 Å². The van der Waals surface area contributed by atoms with E-state index in [0.717, 1.165) is 16.9 Å². The van der Waals surface area contributed by atoms with E-state index in [1.807, 2.05) is 18.2 Å². The number of rotatable bonds is 6. The summed E-state index contributed by atoms with van der Waals surface area (Å²) in [6.07, 6.45) is 3.19. The number of nitrogens with one attached hydrogen (secondary N) is 1. The second-order valence-corrected chi connectivity index (χ2v) is 7.41. The van der Waals surface area contributed by atoms with Crippen LogP contribution in [0.2, 0.25) is 0 Å². The Morgan fingerprint density at radius 1 is 1.19 bits per heavy atom. The smallest absolute Gasteiger partial charge is 0.306 e. The Morgan fingerprint density at radius 2 is 1.85 bits per heavy atom. The fourth-order valence-electron chi connectivity index (χ4n) is 3.89. The Morgan fingerprint density at radius 3 is 2.50 bits per heavy atom. The summed E-state index contributed by atoms with van der Waals surface area (Å²) in [6.45, 7) is 4.82. The zero-order valence-corrected chi connectivity index (χ0v) is 15.4. The summed E-state index contributed by atoms with van der Waals surface area (Å²) in [4.78, 5) is 28.1. The van der Waals surface area contributed by atoms with Gasteiger partial charge in [0.05, 0.1) is 17.0 Å². The SMILES string of the molecule is CC(C)n1c(CCNC(=O)C2CCC(C(=O)O)CC2)nc2ccccc21. The second kappa shape index (κ2) is 7.89. The summed E-state index contributed by atoms with van der Waals surface area (Å²) in [7, 11) is 0. The molecule has 0 aliphatic heterocycles. The van der Waals surface area contributed by atoms with Crippen LogP contribution >= 0.6 is 0 Å². The topological polar surface area (TPSA) is 84.2 Å². The molecule has 2 aromatic rings. The quantitative estimate of drug-likeness (QED) is 0.832. The fourth-order valence-corrected chi connectivity index (χ4v) is 3.89. The highest BCUT2D eigenvalue weighted by atomic mass is 16.4. The number of aliphatic carboxylic acids is 1. The Labute approximate surface area is 153 Å². The third-order valence-corrected chi connectivity index (χ3v) is 5.28. The van der Waals surface area contributed by atoms with Gasteiger partial charge in [-0.25, -0.2) is 4.98 Å². The molecule has 0 spiro atoms. The summed E-state index contributed by atoms with van der Waals surface area (Å²) < 4.78 is 2.22. The van der Waals surface area contributed by atoms with Gasteiger partial charge >= 0.3 is 5.97 Å². The van der Waals surface area contributed by atoms with Crippen molar-refractivity contribution in [1.29, 1.82) is 0 Å². The number of carbonyl (C=O) groups excluding carboxylic acids is 1. The van der Waals surface area contributed by atoms with Gasteiger partial charge in [-0.15, -0.1) is 0 Å². The molecule has 0 atom stereocenters. The third-order valence-electron chi connectivity index (χ3n) is 5.28. The molecule has 1 aromatic heterocycles. The van der Waals surface area contributed by atoms with Crippen LogP contribution < -0.4 is 5.32 Å². The number of nitrogens with zero attached hydrogens (tertiary/aromatic N) is 2. The zero-order valence-electron chi connectivity index (χ0n) is 15.4. The minimum absolute atomic E-state index is 0.0426. The minimum atomic E-state index is -0.739. The molecule has 1 aliphatic rings. The highest BCUT2D eigenvalue weighted by Crippen LogP contribution is 2.29. The molecule has 0 saturated heterocycles. The monoisotopic (exact) mass is 357 g/mol. The lowest BCUT2D eigenvalue weighted by atomic mass is 9.81. The summed E-state index contributed by atoms with van der Waals surface area (Å²) >= 11 is 0. The van der Waals surface area contributed by atoms with Gasteiger partial charge in [-0.05, 0) is 51.7 Å². The molecule has 1 saturated carbocycles. The molecule has 1 aliphatic carbocycles. The Hall–Kier alpha value is -2.37. The first-order chi connectivity index (χ1) is 12.5. The van der Waals surface area contributed by atoms with Crippen LogP contribution in [0.4, 0.5) is 0 Å². The van der Waals surface area contributed by atoms with Crippen LogP contribution in [0.25, 0.3) is 11.0 Å². The van der Waals surface area contributed by atoms with Crippen molar-refractivity contribution in [2.45, 2.75) is 52.0 Å². The minimum Gasteiger partial charge on any atom is -0.481 e. The Kier molecular flexibility index (Phi) is 5.59. The van der Waals surface area contributed by atoms with Crippen LogP contribution in [0.5, 0.6) is 0 Å². The molecule has 6 heteroatoms. The number of fused-ring (bicyclic) bond motifs is 1. The molecule has 6 nitrogen and oxygen atoms in total. The highest BCUT2D eigenvalue weighted by Gasteiger charge is 2.29. The van der Waals surface area contributed by atoms with Crippen molar-refractivity contribution in [2.24, 2.45) is 11.8 Å². The van der Waals surface area contributed by atoms with E-state index in [4.69, 9.17) is 10.1 Å². The Balaban J connectivity index is 1.57. The average molecular weight is 357 g/mol. The van der Waals surface area contributed by atoms with Crippen molar-refractivity contribution < 1.29 is 14.7 Å². The molecule has 0 radical (unpaired) electrons. The fraction of sp³-hybridized carbons (Fsp3) is 0.550. The lowest BCUT2D eigenvalue weighted by Gasteiger charge is -2.25. The van der Waals surface area contributed by atoms with E-state index < -0.39 is 5.97 Å². The number of carbonyl (C=O) groups is 2.